The second kappa shape index (κ2) is 10.5. The lowest BCUT2D eigenvalue weighted by Crippen LogP contribution is -2.43. The molecule has 2 aromatic rings. The van der Waals surface area contributed by atoms with Crippen molar-refractivity contribution in [3.8, 4) is 0 Å². The number of fused-ring (bicyclic) bond motifs is 1. The van der Waals surface area contributed by atoms with E-state index >= 15 is 0 Å². The predicted octanol–water partition coefficient (Wildman–Crippen LogP) is 3.59. The molecule has 5 heteroatoms. The van der Waals surface area contributed by atoms with Crippen molar-refractivity contribution in [3.05, 3.63) is 71.3 Å². The minimum Gasteiger partial charge on any atom is -0.355 e. The Balaban J connectivity index is 0.00000243. The molecule has 0 radical (unpaired) electrons. The van der Waals surface area contributed by atoms with Gasteiger partial charge in [0.15, 0.2) is 5.96 Å². The van der Waals surface area contributed by atoms with Crippen LogP contribution in [0.5, 0.6) is 0 Å². The van der Waals surface area contributed by atoms with Crippen molar-refractivity contribution >= 4 is 29.9 Å². The highest BCUT2D eigenvalue weighted by molar-refractivity contribution is 14.0. The van der Waals surface area contributed by atoms with Gasteiger partial charge in [0.05, 0.1) is 6.04 Å². The second-order valence-corrected chi connectivity index (χ2v) is 6.57. The Labute approximate surface area is 174 Å². The summed E-state index contributed by atoms with van der Waals surface area (Å²) in [5, 5.41) is 6.90. The van der Waals surface area contributed by atoms with Crippen molar-refractivity contribution in [2.24, 2.45) is 4.99 Å². The molecule has 1 atom stereocenters. The summed E-state index contributed by atoms with van der Waals surface area (Å²) in [4.78, 5) is 6.85. The Morgan fingerprint density at radius 2 is 1.77 bits per heavy atom. The maximum absolute atomic E-state index is 4.35. The van der Waals surface area contributed by atoms with E-state index in [0.29, 0.717) is 0 Å². The molecule has 2 aromatic carbocycles. The molecule has 0 spiro atoms. The Morgan fingerprint density at radius 3 is 2.50 bits per heavy atom. The third kappa shape index (κ3) is 5.71. The Hall–Kier alpha value is -1.60. The van der Waals surface area contributed by atoms with Gasteiger partial charge in [-0.25, -0.2) is 0 Å². The zero-order valence-corrected chi connectivity index (χ0v) is 17.9. The molecule has 26 heavy (non-hydrogen) atoms. The van der Waals surface area contributed by atoms with Crippen molar-refractivity contribution in [1.29, 1.82) is 0 Å². The van der Waals surface area contributed by atoms with Crippen LogP contribution in [-0.4, -0.2) is 37.5 Å². The highest BCUT2D eigenvalue weighted by atomic mass is 127. The molecule has 4 nitrogen and oxygen atoms in total. The number of nitrogens with one attached hydrogen (secondary N) is 2. The fourth-order valence-corrected chi connectivity index (χ4v) is 3.30. The van der Waals surface area contributed by atoms with E-state index in [0.717, 1.165) is 38.6 Å². The molecule has 2 N–H and O–H groups in total. The smallest absolute Gasteiger partial charge is 0.191 e. The third-order valence-electron chi connectivity index (χ3n) is 4.81. The number of nitrogens with zero attached hydrogens (tertiary/aromatic N) is 2. The SMILES string of the molecule is CN=C(NCCN1CCc2ccccc2C1)NC(C)c1ccccc1.I. The van der Waals surface area contributed by atoms with E-state index in [2.05, 4.69) is 76.0 Å². The first-order chi connectivity index (χ1) is 12.3. The van der Waals surface area contributed by atoms with Crippen molar-refractivity contribution in [3.63, 3.8) is 0 Å². The molecule has 140 valence electrons. The molecule has 0 saturated heterocycles. The van der Waals surface area contributed by atoms with Gasteiger partial charge in [-0.15, -0.1) is 24.0 Å². The molecule has 3 rings (SSSR count). The third-order valence-corrected chi connectivity index (χ3v) is 4.81. The number of hydrogen-bond donors (Lipinski definition) is 2. The number of guanidine groups is 1. The lowest BCUT2D eigenvalue weighted by Gasteiger charge is -2.29. The quantitative estimate of drug-likeness (QED) is 0.404. The van der Waals surface area contributed by atoms with Crippen LogP contribution >= 0.6 is 24.0 Å². The lowest BCUT2D eigenvalue weighted by molar-refractivity contribution is 0.258. The molecular weight excluding hydrogens is 435 g/mol. The van der Waals surface area contributed by atoms with E-state index in [1.54, 1.807) is 0 Å². The molecular formula is C21H29IN4. The zero-order valence-electron chi connectivity index (χ0n) is 15.6. The molecule has 0 aromatic heterocycles. The van der Waals surface area contributed by atoms with Crippen LogP contribution in [0.4, 0.5) is 0 Å². The van der Waals surface area contributed by atoms with Crippen LogP contribution in [0, 0.1) is 0 Å². The average Bonchev–Trinajstić information content (AvgIpc) is 2.67. The van der Waals surface area contributed by atoms with Gasteiger partial charge in [-0.1, -0.05) is 54.6 Å². The van der Waals surface area contributed by atoms with Gasteiger partial charge in [0.25, 0.3) is 0 Å². The second-order valence-electron chi connectivity index (χ2n) is 6.57. The van der Waals surface area contributed by atoms with Crippen LogP contribution in [0.15, 0.2) is 59.6 Å². The fraction of sp³-hybridized carbons (Fsp3) is 0.381. The van der Waals surface area contributed by atoms with Crippen LogP contribution in [-0.2, 0) is 13.0 Å². The van der Waals surface area contributed by atoms with Crippen molar-refractivity contribution in [2.45, 2.75) is 25.9 Å². The van der Waals surface area contributed by atoms with Crippen molar-refractivity contribution in [1.82, 2.24) is 15.5 Å². The first-order valence-electron chi connectivity index (χ1n) is 9.07. The van der Waals surface area contributed by atoms with Crippen LogP contribution < -0.4 is 10.6 Å². The van der Waals surface area contributed by atoms with E-state index in [9.17, 15) is 0 Å². The molecule has 0 saturated carbocycles. The van der Waals surface area contributed by atoms with Crippen molar-refractivity contribution in [2.75, 3.05) is 26.7 Å². The molecule has 0 aliphatic carbocycles. The summed E-state index contributed by atoms with van der Waals surface area (Å²) >= 11 is 0. The lowest BCUT2D eigenvalue weighted by atomic mass is 10.00. The van der Waals surface area contributed by atoms with Gasteiger partial charge in [0, 0.05) is 33.2 Å². The minimum absolute atomic E-state index is 0. The molecule has 1 heterocycles. The average molecular weight is 464 g/mol. The Kier molecular flexibility index (Phi) is 8.38. The van der Waals surface area contributed by atoms with Gasteiger partial charge in [-0.3, -0.25) is 9.89 Å². The first kappa shape index (κ1) is 20.7. The van der Waals surface area contributed by atoms with Gasteiger partial charge < -0.3 is 10.6 Å². The summed E-state index contributed by atoms with van der Waals surface area (Å²) in [5.41, 5.74) is 4.23. The van der Waals surface area contributed by atoms with Gasteiger partial charge >= 0.3 is 0 Å². The minimum atomic E-state index is 0. The molecule has 1 aliphatic heterocycles. The van der Waals surface area contributed by atoms with Crippen LogP contribution in [0.1, 0.15) is 29.7 Å². The summed E-state index contributed by atoms with van der Waals surface area (Å²) in [6, 6.07) is 19.5. The largest absolute Gasteiger partial charge is 0.355 e. The van der Waals surface area contributed by atoms with E-state index in [-0.39, 0.29) is 30.0 Å². The number of hydrogen-bond acceptors (Lipinski definition) is 2. The highest BCUT2D eigenvalue weighted by Gasteiger charge is 2.15. The number of aliphatic imine (C=N–C) groups is 1. The van der Waals surface area contributed by atoms with Gasteiger partial charge in [-0.2, -0.15) is 0 Å². The highest BCUT2D eigenvalue weighted by Crippen LogP contribution is 2.17. The number of benzene rings is 2. The molecule has 0 bridgehead atoms. The Bertz CT molecular complexity index is 702. The monoisotopic (exact) mass is 464 g/mol. The standard InChI is InChI=1S/C21H28N4.HI/c1-17(18-8-4-3-5-9-18)24-21(22-2)23-13-15-25-14-12-19-10-6-7-11-20(19)16-25;/h3-11,17H,12-16H2,1-2H3,(H2,22,23,24);1H. The van der Waals surface area contributed by atoms with E-state index in [4.69, 9.17) is 0 Å². The van der Waals surface area contributed by atoms with Crippen molar-refractivity contribution < 1.29 is 0 Å². The summed E-state index contributed by atoms with van der Waals surface area (Å²) in [6.07, 6.45) is 1.15. The number of rotatable bonds is 5. The van der Waals surface area contributed by atoms with Crippen LogP contribution in [0.3, 0.4) is 0 Å². The van der Waals surface area contributed by atoms with Crippen LogP contribution in [0.2, 0.25) is 0 Å². The number of halogens is 1. The first-order valence-corrected chi connectivity index (χ1v) is 9.07. The van der Waals surface area contributed by atoms with Gasteiger partial charge in [0.1, 0.15) is 0 Å². The summed E-state index contributed by atoms with van der Waals surface area (Å²) < 4.78 is 0. The fourth-order valence-electron chi connectivity index (χ4n) is 3.30. The summed E-state index contributed by atoms with van der Waals surface area (Å²) in [5.74, 6) is 0.855. The van der Waals surface area contributed by atoms with E-state index in [1.165, 1.54) is 16.7 Å². The molecule has 1 aliphatic rings. The maximum Gasteiger partial charge on any atom is 0.191 e. The summed E-state index contributed by atoms with van der Waals surface area (Å²) in [6.45, 7) is 6.25. The zero-order chi connectivity index (χ0) is 17.5. The predicted molar refractivity (Wildman–Crippen MR) is 120 cm³/mol. The van der Waals surface area contributed by atoms with E-state index < -0.39 is 0 Å². The molecule has 1 unspecified atom stereocenters. The van der Waals surface area contributed by atoms with Gasteiger partial charge in [0.2, 0.25) is 0 Å². The topological polar surface area (TPSA) is 39.7 Å². The van der Waals surface area contributed by atoms with Gasteiger partial charge in [-0.05, 0) is 30.0 Å². The maximum atomic E-state index is 4.35. The van der Waals surface area contributed by atoms with Crippen LogP contribution in [0.25, 0.3) is 0 Å². The Morgan fingerprint density at radius 1 is 1.08 bits per heavy atom. The van der Waals surface area contributed by atoms with E-state index in [1.807, 2.05) is 13.1 Å². The molecule has 0 fully saturated rings. The normalized spacial score (nSPS) is 15.5. The summed E-state index contributed by atoms with van der Waals surface area (Å²) in [7, 11) is 1.82. The molecule has 0 amide bonds.